The molecule has 0 amide bonds. The van der Waals surface area contributed by atoms with Crippen molar-refractivity contribution in [3.05, 3.63) is 66.2 Å². The lowest BCUT2D eigenvalue weighted by molar-refractivity contribution is 0.600. The molecule has 0 aliphatic carbocycles. The van der Waals surface area contributed by atoms with Gasteiger partial charge in [0.25, 0.3) is 16.0 Å². The van der Waals surface area contributed by atoms with Crippen molar-refractivity contribution in [2.75, 3.05) is 4.72 Å². The van der Waals surface area contributed by atoms with E-state index in [0.717, 1.165) is 11.3 Å². The van der Waals surface area contributed by atoms with Crippen LogP contribution in [0.15, 0.2) is 59.9 Å². The minimum absolute atomic E-state index is 0.0292. The van der Waals surface area contributed by atoms with Crippen molar-refractivity contribution in [2.45, 2.75) is 18.4 Å². The van der Waals surface area contributed by atoms with Gasteiger partial charge in [0.2, 0.25) is 0 Å². The molecule has 1 N–H and O–H groups in total. The molecule has 0 saturated carbocycles. The van der Waals surface area contributed by atoms with E-state index < -0.39 is 10.0 Å². The highest BCUT2D eigenvalue weighted by molar-refractivity contribution is 7.92. The van der Waals surface area contributed by atoms with E-state index in [1.54, 1.807) is 30.5 Å². The molecular formula is C15H15N5O2S. The molecule has 0 radical (unpaired) electrons. The predicted molar refractivity (Wildman–Crippen MR) is 85.3 cm³/mol. The molecule has 3 aromatic rings. The third-order valence-electron chi connectivity index (χ3n) is 3.14. The van der Waals surface area contributed by atoms with Crippen LogP contribution in [0.3, 0.4) is 0 Å². The first kappa shape index (κ1) is 15.2. The van der Waals surface area contributed by atoms with Crippen molar-refractivity contribution in [3.63, 3.8) is 0 Å². The maximum Gasteiger partial charge on any atom is 0.264 e. The third kappa shape index (κ3) is 3.72. The van der Waals surface area contributed by atoms with Crippen molar-refractivity contribution in [1.29, 1.82) is 0 Å². The molecule has 0 fully saturated rings. The predicted octanol–water partition coefficient (Wildman–Crippen LogP) is 1.83. The van der Waals surface area contributed by atoms with Crippen LogP contribution in [-0.2, 0) is 16.6 Å². The Labute approximate surface area is 134 Å². The summed E-state index contributed by atoms with van der Waals surface area (Å²) in [6.07, 6.45) is 3.15. The number of pyridine rings is 1. The number of benzene rings is 1. The van der Waals surface area contributed by atoms with E-state index in [1.807, 2.05) is 25.1 Å². The molecule has 0 bridgehead atoms. The molecular weight excluding hydrogens is 314 g/mol. The number of aromatic nitrogens is 4. The summed E-state index contributed by atoms with van der Waals surface area (Å²) in [5, 5.41) is 4.11. The Balaban J connectivity index is 1.74. The van der Waals surface area contributed by atoms with Crippen molar-refractivity contribution >= 4 is 16.0 Å². The van der Waals surface area contributed by atoms with Crippen LogP contribution < -0.4 is 4.72 Å². The van der Waals surface area contributed by atoms with Crippen molar-refractivity contribution < 1.29 is 8.42 Å². The van der Waals surface area contributed by atoms with Crippen LogP contribution in [0.4, 0.5) is 5.95 Å². The summed E-state index contributed by atoms with van der Waals surface area (Å²) in [5.41, 5.74) is 1.80. The molecule has 7 nitrogen and oxygen atoms in total. The summed E-state index contributed by atoms with van der Waals surface area (Å²) in [7, 11) is -3.69. The largest absolute Gasteiger partial charge is 0.264 e. The molecule has 3 rings (SSSR count). The Morgan fingerprint density at radius 2 is 1.87 bits per heavy atom. The van der Waals surface area contributed by atoms with E-state index in [9.17, 15) is 8.42 Å². The quantitative estimate of drug-likeness (QED) is 0.771. The summed E-state index contributed by atoms with van der Waals surface area (Å²) in [6.45, 7) is 2.31. The van der Waals surface area contributed by atoms with Gasteiger partial charge in [-0.05, 0) is 31.2 Å². The molecule has 1 aromatic carbocycles. The molecule has 0 saturated heterocycles. The fourth-order valence-electron chi connectivity index (χ4n) is 1.97. The zero-order valence-corrected chi connectivity index (χ0v) is 13.2. The summed E-state index contributed by atoms with van der Waals surface area (Å²) in [5.74, 6) is 0.0292. The van der Waals surface area contributed by atoms with Gasteiger partial charge in [0, 0.05) is 6.20 Å². The van der Waals surface area contributed by atoms with E-state index in [1.165, 1.54) is 11.0 Å². The SMILES string of the molecule is Cc1ccc(S(=O)(=O)Nc2ncn(Cc3ccccn3)n2)cc1. The molecule has 0 aliphatic heterocycles. The van der Waals surface area contributed by atoms with Gasteiger partial charge in [-0.25, -0.2) is 17.8 Å². The van der Waals surface area contributed by atoms with Gasteiger partial charge in [-0.2, -0.15) is 4.98 Å². The average Bonchev–Trinajstić information content (AvgIpc) is 2.95. The highest BCUT2D eigenvalue weighted by Gasteiger charge is 2.16. The third-order valence-corrected chi connectivity index (χ3v) is 4.49. The molecule has 2 aromatic heterocycles. The maximum absolute atomic E-state index is 12.3. The summed E-state index contributed by atoms with van der Waals surface area (Å²) >= 11 is 0. The Morgan fingerprint density at radius 3 is 2.57 bits per heavy atom. The van der Waals surface area contributed by atoms with Gasteiger partial charge in [-0.3, -0.25) is 4.98 Å². The highest BCUT2D eigenvalue weighted by atomic mass is 32.2. The van der Waals surface area contributed by atoms with Crippen LogP contribution in [0.1, 0.15) is 11.3 Å². The number of nitrogens with zero attached hydrogens (tertiary/aromatic N) is 4. The maximum atomic E-state index is 12.3. The van der Waals surface area contributed by atoms with Gasteiger partial charge < -0.3 is 0 Å². The monoisotopic (exact) mass is 329 g/mol. The molecule has 8 heteroatoms. The number of hydrogen-bond donors (Lipinski definition) is 1. The number of hydrogen-bond acceptors (Lipinski definition) is 5. The zero-order valence-electron chi connectivity index (χ0n) is 12.4. The van der Waals surface area contributed by atoms with Gasteiger partial charge in [-0.15, -0.1) is 5.10 Å². The van der Waals surface area contributed by atoms with E-state index in [-0.39, 0.29) is 10.8 Å². The highest BCUT2D eigenvalue weighted by Crippen LogP contribution is 2.13. The molecule has 118 valence electrons. The van der Waals surface area contributed by atoms with Gasteiger partial charge in [0.05, 0.1) is 17.1 Å². The van der Waals surface area contributed by atoms with Crippen LogP contribution in [-0.4, -0.2) is 28.2 Å². The minimum atomic E-state index is -3.69. The van der Waals surface area contributed by atoms with Crippen LogP contribution >= 0.6 is 0 Å². The molecule has 0 atom stereocenters. The summed E-state index contributed by atoms with van der Waals surface area (Å²) in [6, 6.07) is 12.1. The zero-order chi connectivity index (χ0) is 16.3. The smallest absolute Gasteiger partial charge is 0.259 e. The average molecular weight is 329 g/mol. The minimum Gasteiger partial charge on any atom is -0.259 e. The lowest BCUT2D eigenvalue weighted by Gasteiger charge is -2.04. The fraction of sp³-hybridized carbons (Fsp3) is 0.133. The van der Waals surface area contributed by atoms with Gasteiger partial charge >= 0.3 is 0 Å². The van der Waals surface area contributed by atoms with Crippen molar-refractivity contribution in [2.24, 2.45) is 0 Å². The van der Waals surface area contributed by atoms with Crippen LogP contribution in [0.5, 0.6) is 0 Å². The molecule has 0 spiro atoms. The second kappa shape index (κ2) is 6.17. The van der Waals surface area contributed by atoms with Crippen LogP contribution in [0, 0.1) is 6.92 Å². The van der Waals surface area contributed by atoms with E-state index in [2.05, 4.69) is 19.8 Å². The second-order valence-electron chi connectivity index (χ2n) is 5.01. The topological polar surface area (TPSA) is 89.8 Å². The lowest BCUT2D eigenvalue weighted by Crippen LogP contribution is -2.14. The Hall–Kier alpha value is -2.74. The first-order valence-corrected chi connectivity index (χ1v) is 8.40. The number of aryl methyl sites for hydroxylation is 1. The van der Waals surface area contributed by atoms with Gasteiger partial charge in [0.1, 0.15) is 6.33 Å². The first-order chi connectivity index (χ1) is 11.0. The second-order valence-corrected chi connectivity index (χ2v) is 6.69. The lowest BCUT2D eigenvalue weighted by atomic mass is 10.2. The Morgan fingerprint density at radius 1 is 1.09 bits per heavy atom. The number of nitrogens with one attached hydrogen (secondary N) is 1. The number of rotatable bonds is 5. The molecule has 0 aliphatic rings. The standard InChI is InChI=1S/C15H15N5O2S/c1-12-5-7-14(8-6-12)23(21,22)19-15-17-11-20(18-15)10-13-4-2-3-9-16-13/h2-9,11H,10H2,1H3,(H,18,19). The van der Waals surface area contributed by atoms with Gasteiger partial charge in [0.15, 0.2) is 0 Å². The first-order valence-electron chi connectivity index (χ1n) is 6.92. The summed E-state index contributed by atoms with van der Waals surface area (Å²) < 4.78 is 28.4. The van der Waals surface area contributed by atoms with Crippen LogP contribution in [0.2, 0.25) is 0 Å². The molecule has 23 heavy (non-hydrogen) atoms. The van der Waals surface area contributed by atoms with Crippen molar-refractivity contribution in [3.8, 4) is 0 Å². The Kier molecular flexibility index (Phi) is 4.07. The van der Waals surface area contributed by atoms with Gasteiger partial charge in [-0.1, -0.05) is 23.8 Å². The van der Waals surface area contributed by atoms with Crippen molar-refractivity contribution in [1.82, 2.24) is 19.7 Å². The molecule has 0 unspecified atom stereocenters. The number of anilines is 1. The molecule has 2 heterocycles. The number of sulfonamides is 1. The Bertz CT molecular complexity index is 889. The van der Waals surface area contributed by atoms with E-state index in [4.69, 9.17) is 0 Å². The summed E-state index contributed by atoms with van der Waals surface area (Å²) in [4.78, 5) is 8.33. The van der Waals surface area contributed by atoms with E-state index in [0.29, 0.717) is 6.54 Å². The van der Waals surface area contributed by atoms with Crippen LogP contribution in [0.25, 0.3) is 0 Å². The normalized spacial score (nSPS) is 11.3. The fourth-order valence-corrected chi connectivity index (χ4v) is 2.92. The van der Waals surface area contributed by atoms with E-state index >= 15 is 0 Å².